The molecule has 0 aromatic heterocycles. The summed E-state index contributed by atoms with van der Waals surface area (Å²) in [6, 6.07) is 7.34. The zero-order chi connectivity index (χ0) is 14.6. The third kappa shape index (κ3) is 4.15. The maximum atomic E-state index is 11.8. The number of carbonyl (C=O) groups excluding carboxylic acids is 1. The van der Waals surface area contributed by atoms with Crippen LogP contribution in [0.25, 0.3) is 0 Å². The number of aliphatic hydroxyl groups is 1. The molecule has 1 aromatic carbocycles. The van der Waals surface area contributed by atoms with E-state index in [2.05, 4.69) is 5.32 Å². The highest BCUT2D eigenvalue weighted by atomic mass is 32.2. The molecule has 1 fully saturated rings. The number of benzene rings is 1. The van der Waals surface area contributed by atoms with Crippen LogP contribution >= 0.6 is 0 Å². The van der Waals surface area contributed by atoms with E-state index >= 15 is 0 Å². The first kappa shape index (κ1) is 15.2. The Balaban J connectivity index is 1.82. The topological polar surface area (TPSA) is 66.4 Å². The molecule has 4 nitrogen and oxygen atoms in total. The van der Waals surface area contributed by atoms with Crippen LogP contribution in [0.4, 0.5) is 0 Å². The molecular formula is C15H21NO3S. The lowest BCUT2D eigenvalue weighted by Crippen LogP contribution is -2.34. The van der Waals surface area contributed by atoms with Crippen LogP contribution in [0.5, 0.6) is 0 Å². The molecule has 0 spiro atoms. The normalized spacial score (nSPS) is 18.7. The van der Waals surface area contributed by atoms with Crippen molar-refractivity contribution in [2.75, 3.05) is 6.26 Å². The van der Waals surface area contributed by atoms with Crippen LogP contribution in [0.3, 0.4) is 0 Å². The monoisotopic (exact) mass is 295 g/mol. The Morgan fingerprint density at radius 2 is 1.90 bits per heavy atom. The molecule has 1 amide bonds. The van der Waals surface area contributed by atoms with E-state index in [1.165, 1.54) is 0 Å². The lowest BCUT2D eigenvalue weighted by atomic mass is 9.97. The molecule has 0 bridgehead atoms. The highest BCUT2D eigenvalue weighted by Crippen LogP contribution is 2.32. The van der Waals surface area contributed by atoms with Gasteiger partial charge in [0.15, 0.2) is 0 Å². The van der Waals surface area contributed by atoms with E-state index in [-0.39, 0.29) is 12.3 Å². The second-order valence-corrected chi connectivity index (χ2v) is 6.86. The first-order valence-corrected chi connectivity index (χ1v) is 8.46. The maximum absolute atomic E-state index is 11.8. The fraction of sp³-hybridized carbons (Fsp3) is 0.533. The van der Waals surface area contributed by atoms with Crippen molar-refractivity contribution in [2.24, 2.45) is 0 Å². The molecule has 1 unspecified atom stereocenters. The van der Waals surface area contributed by atoms with Gasteiger partial charge in [0, 0.05) is 28.5 Å². The molecule has 1 atom stereocenters. The first-order chi connectivity index (χ1) is 9.48. The molecule has 5 heteroatoms. The van der Waals surface area contributed by atoms with Crippen molar-refractivity contribution in [3.8, 4) is 0 Å². The molecular weight excluding hydrogens is 274 g/mol. The minimum Gasteiger partial charge on any atom is -0.389 e. The standard InChI is InChI=1S/C15H21NO3S/c1-20(19)13-6-4-12(5-7-13)11-16-14(17)10-15(18)8-2-3-9-15/h4-7,18H,2-3,8-11H2,1H3,(H,16,17). The number of nitrogens with one attached hydrogen (secondary N) is 1. The van der Waals surface area contributed by atoms with Crippen molar-refractivity contribution in [1.29, 1.82) is 0 Å². The Bertz CT molecular complexity index is 492. The number of hydrogen-bond acceptors (Lipinski definition) is 3. The third-order valence-corrected chi connectivity index (χ3v) is 4.70. The molecule has 0 saturated heterocycles. The van der Waals surface area contributed by atoms with Gasteiger partial charge in [-0.2, -0.15) is 0 Å². The van der Waals surface area contributed by atoms with Gasteiger partial charge in [-0.25, -0.2) is 0 Å². The van der Waals surface area contributed by atoms with Crippen LogP contribution in [0, 0.1) is 0 Å². The van der Waals surface area contributed by atoms with Crippen LogP contribution in [-0.4, -0.2) is 27.1 Å². The summed E-state index contributed by atoms with van der Waals surface area (Å²) in [5.74, 6) is -0.113. The number of hydrogen-bond donors (Lipinski definition) is 2. The zero-order valence-electron chi connectivity index (χ0n) is 11.7. The Labute approximate surface area is 122 Å². The summed E-state index contributed by atoms with van der Waals surface area (Å²) < 4.78 is 11.3. The summed E-state index contributed by atoms with van der Waals surface area (Å²) in [7, 11) is -0.979. The molecule has 2 N–H and O–H groups in total. The third-order valence-electron chi connectivity index (χ3n) is 3.77. The second-order valence-electron chi connectivity index (χ2n) is 5.48. The summed E-state index contributed by atoms with van der Waals surface area (Å²) in [6.45, 7) is 0.436. The number of carbonyl (C=O) groups is 1. The SMILES string of the molecule is CS(=O)c1ccc(CNC(=O)CC2(O)CCCC2)cc1. The summed E-state index contributed by atoms with van der Waals surface area (Å²) in [6.07, 6.45) is 5.26. The largest absolute Gasteiger partial charge is 0.389 e. The molecule has 2 rings (SSSR count). The molecule has 0 radical (unpaired) electrons. The molecule has 1 aromatic rings. The average Bonchev–Trinajstić information content (AvgIpc) is 2.83. The second kappa shape index (κ2) is 6.50. The maximum Gasteiger partial charge on any atom is 0.223 e. The minimum absolute atomic E-state index is 0.113. The fourth-order valence-corrected chi connectivity index (χ4v) is 3.09. The number of amides is 1. The smallest absolute Gasteiger partial charge is 0.223 e. The van der Waals surface area contributed by atoms with Crippen LogP contribution < -0.4 is 5.32 Å². The van der Waals surface area contributed by atoms with Gasteiger partial charge in [-0.05, 0) is 30.5 Å². The van der Waals surface area contributed by atoms with Crippen molar-refractivity contribution in [1.82, 2.24) is 5.32 Å². The molecule has 110 valence electrons. The highest BCUT2D eigenvalue weighted by Gasteiger charge is 2.33. The summed E-state index contributed by atoms with van der Waals surface area (Å²) in [4.78, 5) is 12.6. The predicted molar refractivity (Wildman–Crippen MR) is 78.7 cm³/mol. The number of rotatable bonds is 5. The Hall–Kier alpha value is -1.20. The molecule has 20 heavy (non-hydrogen) atoms. The van der Waals surface area contributed by atoms with Gasteiger partial charge in [0.2, 0.25) is 5.91 Å². The van der Waals surface area contributed by atoms with E-state index in [4.69, 9.17) is 0 Å². The molecule has 1 aliphatic carbocycles. The lowest BCUT2D eigenvalue weighted by Gasteiger charge is -2.21. The van der Waals surface area contributed by atoms with E-state index in [9.17, 15) is 14.1 Å². The van der Waals surface area contributed by atoms with E-state index in [0.29, 0.717) is 6.54 Å². The first-order valence-electron chi connectivity index (χ1n) is 6.90. The molecule has 0 heterocycles. The van der Waals surface area contributed by atoms with Crippen molar-refractivity contribution in [3.05, 3.63) is 29.8 Å². The van der Waals surface area contributed by atoms with Gasteiger partial charge in [0.1, 0.15) is 0 Å². The van der Waals surface area contributed by atoms with Crippen molar-refractivity contribution >= 4 is 16.7 Å². The lowest BCUT2D eigenvalue weighted by molar-refractivity contribution is -0.126. The van der Waals surface area contributed by atoms with E-state index in [1.807, 2.05) is 24.3 Å². The van der Waals surface area contributed by atoms with Crippen LogP contribution in [-0.2, 0) is 22.1 Å². The van der Waals surface area contributed by atoms with Crippen molar-refractivity contribution in [3.63, 3.8) is 0 Å². The predicted octanol–water partition coefficient (Wildman–Crippen LogP) is 1.74. The van der Waals surface area contributed by atoms with Crippen molar-refractivity contribution < 1.29 is 14.1 Å². The van der Waals surface area contributed by atoms with Gasteiger partial charge >= 0.3 is 0 Å². The summed E-state index contributed by atoms with van der Waals surface area (Å²) in [5, 5.41) is 13.0. The van der Waals surface area contributed by atoms with Crippen LogP contribution in [0.2, 0.25) is 0 Å². The van der Waals surface area contributed by atoms with Gasteiger partial charge in [0.05, 0.1) is 12.0 Å². The van der Waals surface area contributed by atoms with Gasteiger partial charge < -0.3 is 10.4 Å². The van der Waals surface area contributed by atoms with E-state index in [1.54, 1.807) is 6.26 Å². The molecule has 1 saturated carbocycles. The van der Waals surface area contributed by atoms with Crippen LogP contribution in [0.15, 0.2) is 29.2 Å². The van der Waals surface area contributed by atoms with Gasteiger partial charge in [0.25, 0.3) is 0 Å². The highest BCUT2D eigenvalue weighted by molar-refractivity contribution is 7.84. The van der Waals surface area contributed by atoms with Gasteiger partial charge in [-0.1, -0.05) is 25.0 Å². The fourth-order valence-electron chi connectivity index (χ4n) is 2.57. The van der Waals surface area contributed by atoms with E-state index in [0.717, 1.165) is 36.1 Å². The Morgan fingerprint density at radius 1 is 1.30 bits per heavy atom. The van der Waals surface area contributed by atoms with Gasteiger partial charge in [-0.3, -0.25) is 9.00 Å². The molecule has 0 aliphatic heterocycles. The zero-order valence-corrected chi connectivity index (χ0v) is 12.5. The average molecular weight is 295 g/mol. The van der Waals surface area contributed by atoms with Crippen LogP contribution in [0.1, 0.15) is 37.7 Å². The van der Waals surface area contributed by atoms with E-state index < -0.39 is 16.4 Å². The Kier molecular flexibility index (Phi) is 4.94. The minimum atomic E-state index is -0.979. The van der Waals surface area contributed by atoms with Gasteiger partial charge in [-0.15, -0.1) is 0 Å². The molecule has 1 aliphatic rings. The summed E-state index contributed by atoms with van der Waals surface area (Å²) in [5.41, 5.74) is 0.165. The van der Waals surface area contributed by atoms with Crippen molar-refractivity contribution in [2.45, 2.75) is 49.1 Å². The Morgan fingerprint density at radius 3 is 2.45 bits per heavy atom. The quantitative estimate of drug-likeness (QED) is 0.869. The summed E-state index contributed by atoms with van der Waals surface area (Å²) >= 11 is 0.